The second kappa shape index (κ2) is 8.29. The fourth-order valence-corrected chi connectivity index (χ4v) is 4.83. The van der Waals surface area contributed by atoms with Gasteiger partial charge in [0.05, 0.1) is 6.26 Å². The van der Waals surface area contributed by atoms with Gasteiger partial charge in [0.15, 0.2) is 0 Å². The smallest absolute Gasteiger partial charge is 0.323 e. The maximum absolute atomic E-state index is 12.8. The van der Waals surface area contributed by atoms with Crippen LogP contribution in [-0.2, 0) is 26.0 Å². The van der Waals surface area contributed by atoms with Crippen molar-refractivity contribution < 1.29 is 23.1 Å². The van der Waals surface area contributed by atoms with Crippen LogP contribution in [0.15, 0.2) is 17.5 Å². The van der Waals surface area contributed by atoms with Gasteiger partial charge in [0, 0.05) is 29.9 Å². The molecule has 1 aromatic heterocycles. The molecule has 0 unspecified atom stereocenters. The summed E-state index contributed by atoms with van der Waals surface area (Å²) < 4.78 is 24.6. The summed E-state index contributed by atoms with van der Waals surface area (Å²) in [5.74, 6) is -1.55. The third-order valence-corrected chi connectivity index (χ3v) is 6.63. The van der Waals surface area contributed by atoms with Gasteiger partial charge in [-0.25, -0.2) is 12.7 Å². The molecule has 1 amide bonds. The van der Waals surface area contributed by atoms with Crippen molar-refractivity contribution in [1.29, 1.82) is 0 Å². The first-order valence-electron chi connectivity index (χ1n) is 8.18. The number of amides is 1. The van der Waals surface area contributed by atoms with Crippen LogP contribution in [0.2, 0.25) is 0 Å². The topological polar surface area (TPSA) is 95.0 Å². The second-order valence-electron chi connectivity index (χ2n) is 6.44. The lowest BCUT2D eigenvalue weighted by atomic mass is 10.00. The Morgan fingerprint density at radius 2 is 2.04 bits per heavy atom. The molecule has 0 radical (unpaired) electrons. The van der Waals surface area contributed by atoms with E-state index in [1.807, 2.05) is 24.4 Å². The van der Waals surface area contributed by atoms with Gasteiger partial charge in [-0.2, -0.15) is 0 Å². The average molecular weight is 389 g/mol. The molecule has 1 fully saturated rings. The molecule has 7 nitrogen and oxygen atoms in total. The Morgan fingerprint density at radius 1 is 1.40 bits per heavy atom. The molecule has 1 aliphatic heterocycles. The highest BCUT2D eigenvalue weighted by Gasteiger charge is 2.33. The Bertz CT molecular complexity index is 694. The van der Waals surface area contributed by atoms with E-state index in [4.69, 9.17) is 0 Å². The summed E-state index contributed by atoms with van der Waals surface area (Å²) in [4.78, 5) is 26.5. The van der Waals surface area contributed by atoms with Crippen LogP contribution in [0.1, 0.15) is 24.6 Å². The number of carboxylic acid groups (broad SMARTS) is 1. The number of rotatable bonds is 7. The lowest BCUT2D eigenvalue weighted by molar-refractivity contribution is -0.148. The largest absolute Gasteiger partial charge is 0.480 e. The molecule has 9 heteroatoms. The average Bonchev–Trinajstić information content (AvgIpc) is 3.04. The summed E-state index contributed by atoms with van der Waals surface area (Å²) in [5.41, 5.74) is 0. The highest BCUT2D eigenvalue weighted by molar-refractivity contribution is 7.88. The van der Waals surface area contributed by atoms with Gasteiger partial charge >= 0.3 is 5.97 Å². The number of nitrogens with zero attached hydrogens (tertiary/aromatic N) is 2. The highest BCUT2D eigenvalue weighted by atomic mass is 32.2. The predicted octanol–water partition coefficient (Wildman–Crippen LogP) is 1.26. The van der Waals surface area contributed by atoms with Gasteiger partial charge < -0.3 is 10.0 Å². The molecule has 1 saturated heterocycles. The Labute approximate surface area is 152 Å². The molecule has 0 spiro atoms. The molecular formula is C16H24N2O5S2. The van der Waals surface area contributed by atoms with E-state index in [9.17, 15) is 23.1 Å². The molecule has 2 rings (SSSR count). The molecule has 1 aromatic rings. The van der Waals surface area contributed by atoms with Crippen molar-refractivity contribution in [3.8, 4) is 0 Å². The molecule has 0 aliphatic carbocycles. The van der Waals surface area contributed by atoms with Crippen molar-refractivity contribution in [2.24, 2.45) is 5.92 Å². The monoisotopic (exact) mass is 388 g/mol. The van der Waals surface area contributed by atoms with Gasteiger partial charge in [0.1, 0.15) is 6.54 Å². The fourth-order valence-electron chi connectivity index (χ4n) is 3.12. The molecule has 0 aromatic carbocycles. The minimum atomic E-state index is -3.25. The van der Waals surface area contributed by atoms with Crippen LogP contribution in [0.5, 0.6) is 0 Å². The SMILES string of the molecule is C[C@@H](Cc1cccs1)C(=O)N(CC(=O)O)C1CCN(S(C)(=O)=O)CC1. The number of piperidine rings is 1. The van der Waals surface area contributed by atoms with Crippen molar-refractivity contribution in [1.82, 2.24) is 9.21 Å². The van der Waals surface area contributed by atoms with Crippen LogP contribution in [0.4, 0.5) is 0 Å². The Morgan fingerprint density at radius 3 is 2.52 bits per heavy atom. The van der Waals surface area contributed by atoms with Crippen LogP contribution >= 0.6 is 11.3 Å². The van der Waals surface area contributed by atoms with Crippen LogP contribution in [-0.4, -0.2) is 66.5 Å². The molecule has 0 bridgehead atoms. The van der Waals surface area contributed by atoms with Crippen molar-refractivity contribution in [2.75, 3.05) is 25.9 Å². The van der Waals surface area contributed by atoms with Gasteiger partial charge in [-0.1, -0.05) is 13.0 Å². The lowest BCUT2D eigenvalue weighted by Gasteiger charge is -2.38. The van der Waals surface area contributed by atoms with Crippen LogP contribution in [0.25, 0.3) is 0 Å². The minimum absolute atomic E-state index is 0.186. The van der Waals surface area contributed by atoms with E-state index in [-0.39, 0.29) is 24.4 Å². The number of carbonyl (C=O) groups excluding carboxylic acids is 1. The highest BCUT2D eigenvalue weighted by Crippen LogP contribution is 2.22. The second-order valence-corrected chi connectivity index (χ2v) is 9.45. The number of hydrogen-bond acceptors (Lipinski definition) is 5. The summed E-state index contributed by atoms with van der Waals surface area (Å²) in [6.07, 6.45) is 2.65. The first kappa shape index (κ1) is 19.9. The van der Waals surface area contributed by atoms with E-state index in [0.717, 1.165) is 11.1 Å². The summed E-state index contributed by atoms with van der Waals surface area (Å²) >= 11 is 1.57. The van der Waals surface area contributed by atoms with Gasteiger partial charge in [-0.05, 0) is 30.7 Å². The fraction of sp³-hybridized carbons (Fsp3) is 0.625. The standard InChI is InChI=1S/C16H24N2O5S2/c1-12(10-14-4-3-9-24-14)16(21)18(11-15(19)20)13-5-7-17(8-6-13)25(2,22)23/h3-4,9,12-13H,5-8,10-11H2,1-2H3,(H,19,20)/t12-/m0/s1. The lowest BCUT2D eigenvalue weighted by Crippen LogP contribution is -2.51. The zero-order valence-corrected chi connectivity index (χ0v) is 16.1. The number of carbonyl (C=O) groups is 2. The normalized spacial score (nSPS) is 18.0. The Kier molecular flexibility index (Phi) is 6.59. The minimum Gasteiger partial charge on any atom is -0.480 e. The van der Waals surface area contributed by atoms with Crippen LogP contribution in [0, 0.1) is 5.92 Å². The summed E-state index contributed by atoms with van der Waals surface area (Å²) in [6, 6.07) is 3.64. The van der Waals surface area contributed by atoms with Crippen molar-refractivity contribution in [2.45, 2.75) is 32.2 Å². The molecule has 2 heterocycles. The van der Waals surface area contributed by atoms with E-state index in [1.54, 1.807) is 11.3 Å². The van der Waals surface area contributed by atoms with E-state index in [2.05, 4.69) is 0 Å². The predicted molar refractivity (Wildman–Crippen MR) is 96.0 cm³/mol. The van der Waals surface area contributed by atoms with Crippen LogP contribution < -0.4 is 0 Å². The number of aliphatic carboxylic acids is 1. The molecule has 140 valence electrons. The van der Waals surface area contributed by atoms with Gasteiger partial charge in [-0.3, -0.25) is 9.59 Å². The van der Waals surface area contributed by atoms with E-state index >= 15 is 0 Å². The zero-order chi connectivity index (χ0) is 18.6. The number of hydrogen-bond donors (Lipinski definition) is 1. The number of sulfonamides is 1. The molecule has 1 N–H and O–H groups in total. The maximum atomic E-state index is 12.8. The maximum Gasteiger partial charge on any atom is 0.323 e. The Hall–Kier alpha value is -1.45. The summed E-state index contributed by atoms with van der Waals surface area (Å²) in [5, 5.41) is 11.1. The molecule has 1 aliphatic rings. The molecule has 25 heavy (non-hydrogen) atoms. The van der Waals surface area contributed by atoms with Gasteiger partial charge in [0.25, 0.3) is 0 Å². The van der Waals surface area contributed by atoms with Gasteiger partial charge in [-0.15, -0.1) is 11.3 Å². The number of thiophene rings is 1. The van der Waals surface area contributed by atoms with E-state index in [0.29, 0.717) is 32.4 Å². The summed E-state index contributed by atoms with van der Waals surface area (Å²) in [7, 11) is -3.25. The third-order valence-electron chi connectivity index (χ3n) is 4.43. The third kappa shape index (κ3) is 5.52. The number of carboxylic acids is 1. The first-order valence-corrected chi connectivity index (χ1v) is 10.9. The quantitative estimate of drug-likeness (QED) is 0.759. The summed E-state index contributed by atoms with van der Waals surface area (Å²) in [6.45, 7) is 2.08. The van der Waals surface area contributed by atoms with E-state index in [1.165, 1.54) is 9.21 Å². The van der Waals surface area contributed by atoms with Crippen molar-refractivity contribution >= 4 is 33.2 Å². The van der Waals surface area contributed by atoms with Crippen molar-refractivity contribution in [3.05, 3.63) is 22.4 Å². The van der Waals surface area contributed by atoms with Crippen molar-refractivity contribution in [3.63, 3.8) is 0 Å². The zero-order valence-electron chi connectivity index (χ0n) is 14.4. The van der Waals surface area contributed by atoms with Crippen LogP contribution in [0.3, 0.4) is 0 Å². The Balaban J connectivity index is 2.05. The first-order chi connectivity index (χ1) is 11.7. The van der Waals surface area contributed by atoms with Gasteiger partial charge in [0.2, 0.25) is 15.9 Å². The molecular weight excluding hydrogens is 364 g/mol. The molecule has 0 saturated carbocycles. The van der Waals surface area contributed by atoms with E-state index < -0.39 is 16.0 Å². The molecule has 1 atom stereocenters.